The molecule has 0 saturated carbocycles. The minimum atomic E-state index is -0.890. The molecule has 2 heterocycles. The van der Waals surface area contributed by atoms with Crippen molar-refractivity contribution in [2.75, 3.05) is 19.8 Å². The molecule has 102 valence electrons. The van der Waals surface area contributed by atoms with Crippen molar-refractivity contribution in [1.82, 2.24) is 0 Å². The number of nitrogens with zero attached hydrogens (tertiary/aromatic N) is 1. The molecule has 0 spiro atoms. The first-order valence-electron chi connectivity index (χ1n) is 5.49. The summed E-state index contributed by atoms with van der Waals surface area (Å²) in [5.74, 6) is 0. The normalized spacial score (nSPS) is 33.8. The second-order valence-electron chi connectivity index (χ2n) is 3.80. The van der Waals surface area contributed by atoms with E-state index in [1.807, 2.05) is 0 Å². The first kappa shape index (κ1) is 12.8. The molecule has 2 saturated heterocycles. The van der Waals surface area contributed by atoms with Gasteiger partial charge < -0.3 is 23.8 Å². The number of hydrogen-bond acceptors (Lipinski definition) is 8. The highest BCUT2D eigenvalue weighted by Gasteiger charge is 2.51. The minimum absolute atomic E-state index is 0.0268. The molecule has 0 radical (unpaired) electrons. The zero-order chi connectivity index (χ0) is 13.1. The molecule has 2 rings (SSSR count). The van der Waals surface area contributed by atoms with Gasteiger partial charge >= 0.3 is 6.16 Å². The number of carbonyl (C=O) groups is 1. The van der Waals surface area contributed by atoms with E-state index >= 15 is 0 Å². The Balaban J connectivity index is 1.88. The Labute approximate surface area is 102 Å². The lowest BCUT2D eigenvalue weighted by Gasteiger charge is -2.15. The van der Waals surface area contributed by atoms with Gasteiger partial charge in [0.05, 0.1) is 19.8 Å². The molecule has 0 bridgehead atoms. The minimum Gasteiger partial charge on any atom is -0.435 e. The predicted octanol–water partition coefficient (Wildman–Crippen LogP) is -0.0974. The molecule has 2 fully saturated rings. The van der Waals surface area contributed by atoms with Gasteiger partial charge in [-0.05, 0) is 6.92 Å². The average Bonchev–Trinajstić information content (AvgIpc) is 2.83. The van der Waals surface area contributed by atoms with E-state index in [2.05, 4.69) is 9.57 Å². The summed E-state index contributed by atoms with van der Waals surface area (Å²) in [7, 11) is 0. The van der Waals surface area contributed by atoms with Crippen LogP contribution in [0.5, 0.6) is 0 Å². The van der Waals surface area contributed by atoms with Crippen LogP contribution in [0.15, 0.2) is 0 Å². The highest BCUT2D eigenvalue weighted by Crippen LogP contribution is 2.30. The highest BCUT2D eigenvalue weighted by atomic mass is 17.0. The fourth-order valence-electron chi connectivity index (χ4n) is 2.01. The summed E-state index contributed by atoms with van der Waals surface area (Å²) in [6.45, 7) is 1.99. The second-order valence-corrected chi connectivity index (χ2v) is 3.80. The van der Waals surface area contributed by atoms with Crippen molar-refractivity contribution in [2.24, 2.45) is 0 Å². The van der Waals surface area contributed by atoms with E-state index in [9.17, 15) is 14.9 Å². The first-order chi connectivity index (χ1) is 8.61. The van der Waals surface area contributed by atoms with Crippen LogP contribution in [0.1, 0.15) is 6.92 Å². The van der Waals surface area contributed by atoms with Crippen molar-refractivity contribution in [3.8, 4) is 0 Å². The van der Waals surface area contributed by atoms with Gasteiger partial charge in [-0.25, -0.2) is 4.79 Å². The predicted molar refractivity (Wildman–Crippen MR) is 53.2 cm³/mol. The fourth-order valence-corrected chi connectivity index (χ4v) is 2.01. The quantitative estimate of drug-likeness (QED) is 0.393. The van der Waals surface area contributed by atoms with Crippen LogP contribution in [-0.4, -0.2) is 55.5 Å². The number of fused-ring (bicyclic) bond motifs is 1. The average molecular weight is 263 g/mol. The molecule has 0 aliphatic carbocycles. The third-order valence-corrected chi connectivity index (χ3v) is 2.69. The topological polar surface area (TPSA) is 106 Å². The Kier molecular flexibility index (Phi) is 3.82. The van der Waals surface area contributed by atoms with Gasteiger partial charge in [-0.1, -0.05) is 0 Å². The van der Waals surface area contributed by atoms with Crippen LogP contribution >= 0.6 is 0 Å². The van der Waals surface area contributed by atoms with Crippen LogP contribution in [0, 0.1) is 10.1 Å². The van der Waals surface area contributed by atoms with E-state index in [1.54, 1.807) is 6.92 Å². The summed E-state index contributed by atoms with van der Waals surface area (Å²) in [6, 6.07) is 0. The Morgan fingerprint density at radius 3 is 2.56 bits per heavy atom. The van der Waals surface area contributed by atoms with E-state index in [0.29, 0.717) is 0 Å². The molecule has 18 heavy (non-hydrogen) atoms. The first-order valence-corrected chi connectivity index (χ1v) is 5.49. The van der Waals surface area contributed by atoms with Gasteiger partial charge in [-0.15, -0.1) is 10.1 Å². The summed E-state index contributed by atoms with van der Waals surface area (Å²) in [6.07, 6.45) is -3.39. The maximum atomic E-state index is 11.2. The molecule has 0 amide bonds. The maximum absolute atomic E-state index is 11.2. The summed E-state index contributed by atoms with van der Waals surface area (Å²) in [5, 5.41) is 9.37. The van der Waals surface area contributed by atoms with E-state index in [4.69, 9.17) is 14.2 Å². The number of carbonyl (C=O) groups excluding carboxylic acids is 1. The summed E-state index contributed by atoms with van der Waals surface area (Å²) >= 11 is 0. The molecule has 0 aromatic carbocycles. The highest BCUT2D eigenvalue weighted by molar-refractivity contribution is 5.60. The van der Waals surface area contributed by atoms with Crippen molar-refractivity contribution in [3.05, 3.63) is 10.1 Å². The molecule has 0 aromatic heterocycles. The number of hydrogen-bond donors (Lipinski definition) is 0. The zero-order valence-electron chi connectivity index (χ0n) is 9.64. The molecule has 0 N–H and O–H groups in total. The van der Waals surface area contributed by atoms with Crippen LogP contribution in [-0.2, 0) is 23.8 Å². The molecule has 0 aromatic rings. The summed E-state index contributed by atoms with van der Waals surface area (Å²) < 4.78 is 20.2. The van der Waals surface area contributed by atoms with Gasteiger partial charge in [0.15, 0.2) is 12.2 Å². The van der Waals surface area contributed by atoms with E-state index in [-0.39, 0.29) is 19.8 Å². The van der Waals surface area contributed by atoms with Crippen LogP contribution < -0.4 is 0 Å². The lowest BCUT2D eigenvalue weighted by molar-refractivity contribution is -0.769. The van der Waals surface area contributed by atoms with Crippen LogP contribution in [0.4, 0.5) is 4.79 Å². The molecule has 0 unspecified atom stereocenters. The van der Waals surface area contributed by atoms with Gasteiger partial charge in [0.25, 0.3) is 5.09 Å². The smallest absolute Gasteiger partial charge is 0.435 e. The third kappa shape index (κ3) is 2.62. The van der Waals surface area contributed by atoms with Crippen molar-refractivity contribution in [3.63, 3.8) is 0 Å². The van der Waals surface area contributed by atoms with Gasteiger partial charge in [0.2, 0.25) is 0 Å². The standard InChI is InChI=1S/C9H13NO8/c1-2-14-9(11)17-5-3-15-8-6(18-10(12)13)4-16-7(5)8/h5-8H,2-4H2,1H3/t5-,6+,7+,8+/m0/s1. The molecule has 2 aliphatic heterocycles. The van der Waals surface area contributed by atoms with Crippen LogP contribution in [0.3, 0.4) is 0 Å². The third-order valence-electron chi connectivity index (χ3n) is 2.69. The van der Waals surface area contributed by atoms with Gasteiger partial charge in [0, 0.05) is 0 Å². The van der Waals surface area contributed by atoms with E-state index in [0.717, 1.165) is 0 Å². The molecular formula is C9H13NO8. The number of ether oxygens (including phenoxy) is 4. The SMILES string of the molecule is CCOC(=O)O[C@H]1CO[C@H]2[C@@H]1OC[C@H]2O[N+](=O)[O-]. The van der Waals surface area contributed by atoms with Crippen LogP contribution in [0.25, 0.3) is 0 Å². The maximum Gasteiger partial charge on any atom is 0.508 e. The fraction of sp³-hybridized carbons (Fsp3) is 0.889. The van der Waals surface area contributed by atoms with E-state index < -0.39 is 35.7 Å². The molecule has 4 atom stereocenters. The lowest BCUT2D eigenvalue weighted by atomic mass is 10.1. The number of rotatable bonds is 4. The Morgan fingerprint density at radius 2 is 1.94 bits per heavy atom. The molecule has 9 nitrogen and oxygen atoms in total. The van der Waals surface area contributed by atoms with Gasteiger partial charge in [0.1, 0.15) is 12.2 Å². The summed E-state index contributed by atoms with van der Waals surface area (Å²) in [4.78, 5) is 25.8. The van der Waals surface area contributed by atoms with Gasteiger partial charge in [-0.2, -0.15) is 0 Å². The molecular weight excluding hydrogens is 250 g/mol. The Morgan fingerprint density at radius 1 is 1.33 bits per heavy atom. The van der Waals surface area contributed by atoms with E-state index in [1.165, 1.54) is 0 Å². The molecule has 9 heteroatoms. The largest absolute Gasteiger partial charge is 0.508 e. The summed E-state index contributed by atoms with van der Waals surface area (Å²) in [5.41, 5.74) is 0. The van der Waals surface area contributed by atoms with Crippen molar-refractivity contribution >= 4 is 6.16 Å². The van der Waals surface area contributed by atoms with Crippen LogP contribution in [0.2, 0.25) is 0 Å². The van der Waals surface area contributed by atoms with Crippen molar-refractivity contribution < 1.29 is 33.7 Å². The second kappa shape index (κ2) is 5.36. The zero-order valence-corrected chi connectivity index (χ0v) is 9.64. The lowest BCUT2D eigenvalue weighted by Crippen LogP contribution is -2.35. The van der Waals surface area contributed by atoms with Crippen molar-refractivity contribution in [1.29, 1.82) is 0 Å². The van der Waals surface area contributed by atoms with Crippen molar-refractivity contribution in [2.45, 2.75) is 31.3 Å². The Bertz CT molecular complexity index is 335. The molecule has 2 aliphatic rings. The van der Waals surface area contributed by atoms with Gasteiger partial charge in [-0.3, -0.25) is 0 Å². The Hall–Kier alpha value is -1.61. The monoisotopic (exact) mass is 263 g/mol.